The molecule has 4 heteroatoms. The van der Waals surface area contributed by atoms with Crippen LogP contribution >= 0.6 is 0 Å². The van der Waals surface area contributed by atoms with E-state index >= 15 is 0 Å². The topological polar surface area (TPSA) is 38.8 Å². The molecule has 0 unspecified atom stereocenters. The molecule has 0 saturated heterocycles. The van der Waals surface area contributed by atoms with E-state index in [1.807, 2.05) is 19.2 Å². The molecule has 1 fully saturated rings. The number of benzene rings is 1. The first-order chi connectivity index (χ1) is 9.22. The molecule has 102 valence electrons. The predicted octanol–water partition coefficient (Wildman–Crippen LogP) is 2.33. The molecule has 0 spiro atoms. The van der Waals surface area contributed by atoms with Crippen LogP contribution in [0.1, 0.15) is 29.6 Å². The molecule has 1 saturated carbocycles. The minimum Gasteiger partial charge on any atom is -0.454 e. The lowest BCUT2D eigenvalue weighted by molar-refractivity contribution is 0.0924. The van der Waals surface area contributed by atoms with Gasteiger partial charge in [0.1, 0.15) is 0 Å². The summed E-state index contributed by atoms with van der Waals surface area (Å²) in [6.45, 7) is 1.74. The first-order valence-corrected chi connectivity index (χ1v) is 6.84. The molecule has 1 aromatic rings. The van der Waals surface area contributed by atoms with E-state index in [9.17, 15) is 4.79 Å². The molecular weight excluding hydrogens is 242 g/mol. The largest absolute Gasteiger partial charge is 0.454 e. The van der Waals surface area contributed by atoms with E-state index in [4.69, 9.17) is 9.47 Å². The monoisotopic (exact) mass is 261 g/mol. The summed E-state index contributed by atoms with van der Waals surface area (Å²) in [4.78, 5) is 14.3. The molecular formula is C15H19NO3. The lowest BCUT2D eigenvalue weighted by Crippen LogP contribution is -2.33. The Hall–Kier alpha value is -1.55. The minimum atomic E-state index is 0.139. The van der Waals surface area contributed by atoms with Gasteiger partial charge in [-0.15, -0.1) is 0 Å². The maximum Gasteiger partial charge on any atom is 0.231 e. The van der Waals surface area contributed by atoms with Gasteiger partial charge in [0.25, 0.3) is 0 Å². The minimum absolute atomic E-state index is 0.139. The van der Waals surface area contributed by atoms with Crippen molar-refractivity contribution in [1.82, 2.24) is 4.90 Å². The third kappa shape index (κ3) is 2.73. The van der Waals surface area contributed by atoms with Gasteiger partial charge in [0.2, 0.25) is 6.79 Å². The van der Waals surface area contributed by atoms with Crippen molar-refractivity contribution in [2.45, 2.75) is 19.3 Å². The standard InChI is InChI=1S/C15H19NO3/c1-16(8-11-3-2-4-11)9-13(17)12-5-6-14-15(7-12)19-10-18-14/h5-7,11H,2-4,8-10H2,1H3. The Balaban J connectivity index is 1.60. The van der Waals surface area contributed by atoms with Crippen LogP contribution in [0.5, 0.6) is 11.5 Å². The average molecular weight is 261 g/mol. The van der Waals surface area contributed by atoms with Gasteiger partial charge < -0.3 is 9.47 Å². The second-order valence-corrected chi connectivity index (χ2v) is 5.48. The van der Waals surface area contributed by atoms with Crippen LogP contribution in [0, 0.1) is 5.92 Å². The number of hydrogen-bond acceptors (Lipinski definition) is 4. The molecule has 1 aliphatic carbocycles. The predicted molar refractivity (Wildman–Crippen MR) is 71.7 cm³/mol. The summed E-state index contributed by atoms with van der Waals surface area (Å²) < 4.78 is 10.5. The molecule has 0 atom stereocenters. The number of carbonyl (C=O) groups is 1. The van der Waals surface area contributed by atoms with Crippen molar-refractivity contribution in [1.29, 1.82) is 0 Å². The van der Waals surface area contributed by atoms with Crippen LogP contribution < -0.4 is 9.47 Å². The number of carbonyl (C=O) groups excluding carboxylic acids is 1. The Morgan fingerprint density at radius 2 is 2.11 bits per heavy atom. The number of ketones is 1. The van der Waals surface area contributed by atoms with E-state index in [0.717, 1.165) is 18.2 Å². The summed E-state index contributed by atoms with van der Waals surface area (Å²) >= 11 is 0. The molecule has 19 heavy (non-hydrogen) atoms. The maximum atomic E-state index is 12.2. The van der Waals surface area contributed by atoms with Crippen LogP contribution in [-0.2, 0) is 0 Å². The fourth-order valence-corrected chi connectivity index (χ4v) is 2.59. The number of likely N-dealkylation sites (N-methyl/N-ethyl adjacent to an activating group) is 1. The zero-order valence-electron chi connectivity index (χ0n) is 11.2. The summed E-state index contributed by atoms with van der Waals surface area (Å²) in [5, 5.41) is 0. The van der Waals surface area contributed by atoms with Gasteiger partial charge in [0.05, 0.1) is 6.54 Å². The molecule has 3 rings (SSSR count). The number of rotatable bonds is 5. The molecule has 0 amide bonds. The number of ether oxygens (including phenoxy) is 2. The molecule has 1 aliphatic heterocycles. The van der Waals surface area contributed by atoms with Crippen molar-refractivity contribution < 1.29 is 14.3 Å². The Morgan fingerprint density at radius 3 is 2.84 bits per heavy atom. The van der Waals surface area contributed by atoms with E-state index < -0.39 is 0 Å². The molecule has 4 nitrogen and oxygen atoms in total. The summed E-state index contributed by atoms with van der Waals surface area (Å²) in [6, 6.07) is 5.40. The SMILES string of the molecule is CN(CC(=O)c1ccc2c(c1)OCO2)CC1CCC1. The molecule has 0 N–H and O–H groups in total. The van der Waals surface area contributed by atoms with Gasteiger partial charge in [-0.25, -0.2) is 0 Å². The second kappa shape index (κ2) is 5.21. The molecule has 0 aromatic heterocycles. The Morgan fingerprint density at radius 1 is 1.32 bits per heavy atom. The Bertz CT molecular complexity index is 482. The summed E-state index contributed by atoms with van der Waals surface area (Å²) in [7, 11) is 2.02. The van der Waals surface area contributed by atoms with Crippen LogP contribution in [0.3, 0.4) is 0 Å². The summed E-state index contributed by atoms with van der Waals surface area (Å²) in [5.74, 6) is 2.32. The lowest BCUT2D eigenvalue weighted by Gasteiger charge is -2.29. The zero-order valence-corrected chi connectivity index (χ0v) is 11.2. The van der Waals surface area contributed by atoms with Gasteiger partial charge in [-0.3, -0.25) is 9.69 Å². The van der Waals surface area contributed by atoms with Crippen molar-refractivity contribution in [2.24, 2.45) is 5.92 Å². The lowest BCUT2D eigenvalue weighted by atomic mass is 9.85. The molecule has 0 bridgehead atoms. The first-order valence-electron chi connectivity index (χ1n) is 6.84. The van der Waals surface area contributed by atoms with Crippen LogP contribution in [0.25, 0.3) is 0 Å². The Kier molecular flexibility index (Phi) is 3.42. The molecule has 0 radical (unpaired) electrons. The maximum absolute atomic E-state index is 12.2. The smallest absolute Gasteiger partial charge is 0.231 e. The quantitative estimate of drug-likeness (QED) is 0.763. The van der Waals surface area contributed by atoms with Gasteiger partial charge in [0, 0.05) is 12.1 Å². The van der Waals surface area contributed by atoms with Crippen LogP contribution in [0.4, 0.5) is 0 Å². The van der Waals surface area contributed by atoms with Gasteiger partial charge in [-0.2, -0.15) is 0 Å². The highest BCUT2D eigenvalue weighted by atomic mass is 16.7. The van der Waals surface area contributed by atoms with E-state index in [0.29, 0.717) is 17.9 Å². The Labute approximate surface area is 113 Å². The van der Waals surface area contributed by atoms with Gasteiger partial charge in [-0.1, -0.05) is 6.42 Å². The molecule has 1 aromatic carbocycles. The van der Waals surface area contributed by atoms with E-state index in [2.05, 4.69) is 4.90 Å². The van der Waals surface area contributed by atoms with E-state index in [1.165, 1.54) is 19.3 Å². The summed E-state index contributed by atoms with van der Waals surface area (Å²) in [5.41, 5.74) is 0.699. The summed E-state index contributed by atoms with van der Waals surface area (Å²) in [6.07, 6.45) is 3.96. The highest BCUT2D eigenvalue weighted by Gasteiger charge is 2.21. The van der Waals surface area contributed by atoms with Crippen LogP contribution in [-0.4, -0.2) is 37.6 Å². The van der Waals surface area contributed by atoms with Gasteiger partial charge in [0.15, 0.2) is 17.3 Å². The fraction of sp³-hybridized carbons (Fsp3) is 0.533. The highest BCUT2D eigenvalue weighted by molar-refractivity contribution is 5.98. The third-order valence-corrected chi connectivity index (χ3v) is 3.90. The second-order valence-electron chi connectivity index (χ2n) is 5.48. The van der Waals surface area contributed by atoms with Crippen molar-refractivity contribution in [3.05, 3.63) is 23.8 Å². The van der Waals surface area contributed by atoms with Crippen LogP contribution in [0.2, 0.25) is 0 Å². The number of nitrogens with zero attached hydrogens (tertiary/aromatic N) is 1. The van der Waals surface area contributed by atoms with Crippen LogP contribution in [0.15, 0.2) is 18.2 Å². The van der Waals surface area contributed by atoms with Crippen molar-refractivity contribution in [3.63, 3.8) is 0 Å². The van der Waals surface area contributed by atoms with Gasteiger partial charge in [-0.05, 0) is 44.0 Å². The third-order valence-electron chi connectivity index (χ3n) is 3.90. The van der Waals surface area contributed by atoms with Crippen molar-refractivity contribution in [3.8, 4) is 11.5 Å². The van der Waals surface area contributed by atoms with E-state index in [-0.39, 0.29) is 12.6 Å². The molecule has 1 heterocycles. The van der Waals surface area contributed by atoms with E-state index in [1.54, 1.807) is 6.07 Å². The average Bonchev–Trinajstić information content (AvgIpc) is 2.80. The van der Waals surface area contributed by atoms with Crippen molar-refractivity contribution in [2.75, 3.05) is 26.9 Å². The zero-order chi connectivity index (χ0) is 13.2. The highest BCUT2D eigenvalue weighted by Crippen LogP contribution is 2.32. The first kappa shape index (κ1) is 12.5. The normalized spacial score (nSPS) is 17.6. The number of fused-ring (bicyclic) bond motifs is 1. The fourth-order valence-electron chi connectivity index (χ4n) is 2.59. The van der Waals surface area contributed by atoms with Crippen molar-refractivity contribution >= 4 is 5.78 Å². The number of hydrogen-bond donors (Lipinski definition) is 0. The van der Waals surface area contributed by atoms with Gasteiger partial charge >= 0.3 is 0 Å². The number of Topliss-reactive ketones (excluding diaryl/α,β-unsaturated/α-hetero) is 1. The molecule has 2 aliphatic rings.